The maximum Gasteiger partial charge on any atom is 0.277 e. The van der Waals surface area contributed by atoms with Crippen LogP contribution in [0.15, 0.2) is 30.0 Å². The number of likely N-dealkylation sites (tertiary alicyclic amines) is 1. The van der Waals surface area contributed by atoms with Crippen molar-refractivity contribution in [3.63, 3.8) is 0 Å². The van der Waals surface area contributed by atoms with Crippen LogP contribution in [0.3, 0.4) is 0 Å². The number of likely N-dealkylation sites (N-methyl/N-ethyl adjacent to an activating group) is 1. The predicted molar refractivity (Wildman–Crippen MR) is 86.1 cm³/mol. The Morgan fingerprint density at radius 1 is 1.05 bits per heavy atom. The van der Waals surface area contributed by atoms with Crippen molar-refractivity contribution >= 4 is 29.0 Å². The largest absolute Gasteiger partial charge is 0.366 e. The highest BCUT2D eigenvalue weighted by Crippen LogP contribution is 2.33. The molecule has 2 heterocycles. The van der Waals surface area contributed by atoms with Crippen molar-refractivity contribution in [3.8, 4) is 0 Å². The van der Waals surface area contributed by atoms with Crippen LogP contribution < -0.4 is 0 Å². The van der Waals surface area contributed by atoms with Crippen molar-refractivity contribution in [1.29, 1.82) is 0 Å². The molecule has 2 amide bonds. The Bertz CT molecular complexity index is 643. The number of hydrogen-bond donors (Lipinski definition) is 0. The normalized spacial score (nSPS) is 20.3. The van der Waals surface area contributed by atoms with Gasteiger partial charge in [0.2, 0.25) is 0 Å². The smallest absolute Gasteiger partial charge is 0.277 e. The number of halogens is 1. The highest BCUT2D eigenvalue weighted by molar-refractivity contribution is 6.35. The first-order chi connectivity index (χ1) is 10.5. The highest BCUT2D eigenvalue weighted by Gasteiger charge is 2.39. The summed E-state index contributed by atoms with van der Waals surface area (Å²) >= 11 is 5.92. The van der Waals surface area contributed by atoms with Crippen molar-refractivity contribution in [3.05, 3.63) is 40.5 Å². The van der Waals surface area contributed by atoms with E-state index in [1.54, 1.807) is 31.3 Å². The molecule has 0 bridgehead atoms. The number of benzene rings is 1. The zero-order chi connectivity index (χ0) is 15.9. The second-order valence-electron chi connectivity index (χ2n) is 6.07. The first-order valence-electron chi connectivity index (χ1n) is 7.56. The zero-order valence-electron chi connectivity index (χ0n) is 12.8. The van der Waals surface area contributed by atoms with E-state index in [1.807, 2.05) is 0 Å². The van der Waals surface area contributed by atoms with E-state index < -0.39 is 0 Å². The summed E-state index contributed by atoms with van der Waals surface area (Å²) in [6.07, 6.45) is 2.09. The van der Waals surface area contributed by atoms with Crippen LogP contribution in [0.4, 0.5) is 0 Å². The Morgan fingerprint density at radius 3 is 2.23 bits per heavy atom. The lowest BCUT2D eigenvalue weighted by Crippen LogP contribution is -2.37. The number of piperidine rings is 1. The molecule has 0 aromatic heterocycles. The fourth-order valence-electron chi connectivity index (χ4n) is 3.03. The van der Waals surface area contributed by atoms with Crippen LogP contribution >= 0.6 is 11.6 Å². The second kappa shape index (κ2) is 5.76. The average molecular weight is 319 g/mol. The van der Waals surface area contributed by atoms with Gasteiger partial charge < -0.3 is 4.90 Å². The molecule has 0 atom stereocenters. The Labute approximate surface area is 135 Å². The lowest BCUT2D eigenvalue weighted by Gasteiger charge is -2.32. The molecule has 3 rings (SSSR count). The number of carbonyl (C=O) groups excluding carboxylic acids is 2. The highest BCUT2D eigenvalue weighted by atomic mass is 35.5. The van der Waals surface area contributed by atoms with Crippen LogP contribution in [0.25, 0.3) is 5.57 Å². The van der Waals surface area contributed by atoms with E-state index >= 15 is 0 Å². The lowest BCUT2D eigenvalue weighted by atomic mass is 9.97. The first kappa shape index (κ1) is 15.1. The quantitative estimate of drug-likeness (QED) is 0.787. The number of hydrogen-bond acceptors (Lipinski definition) is 3. The van der Waals surface area contributed by atoms with E-state index in [0.29, 0.717) is 22.2 Å². The third-order valence-electron chi connectivity index (χ3n) is 4.50. The fourth-order valence-corrected chi connectivity index (χ4v) is 3.16. The summed E-state index contributed by atoms with van der Waals surface area (Å²) in [6.45, 7) is 3.86. The topological polar surface area (TPSA) is 40.6 Å². The predicted octanol–water partition coefficient (Wildman–Crippen LogP) is 2.78. The molecule has 4 nitrogen and oxygen atoms in total. The van der Waals surface area contributed by atoms with Crippen LogP contribution in [-0.2, 0) is 9.59 Å². The average Bonchev–Trinajstić information content (AvgIpc) is 2.74. The minimum atomic E-state index is -0.235. The standard InChI is InChI=1S/C17H19ClN2O2/c1-11-7-9-20(10-8-11)15-14(16(21)19(2)17(15)22)12-3-5-13(18)6-4-12/h3-6,11H,7-10H2,1-2H3. The molecule has 1 aromatic rings. The molecule has 2 aliphatic heterocycles. The van der Waals surface area contributed by atoms with Gasteiger partial charge in [0.15, 0.2) is 0 Å². The minimum absolute atomic E-state index is 0.204. The monoisotopic (exact) mass is 318 g/mol. The number of carbonyl (C=O) groups is 2. The number of amides is 2. The van der Waals surface area contributed by atoms with Crippen molar-refractivity contribution in [2.24, 2.45) is 5.92 Å². The van der Waals surface area contributed by atoms with Crippen molar-refractivity contribution in [1.82, 2.24) is 9.80 Å². The molecule has 0 radical (unpaired) electrons. The molecule has 1 fully saturated rings. The molecule has 2 aliphatic rings. The molecule has 22 heavy (non-hydrogen) atoms. The first-order valence-corrected chi connectivity index (χ1v) is 7.94. The third kappa shape index (κ3) is 2.52. The van der Waals surface area contributed by atoms with E-state index in [0.717, 1.165) is 31.5 Å². The molecule has 1 saturated heterocycles. The molecule has 116 valence electrons. The summed E-state index contributed by atoms with van der Waals surface area (Å²) in [5, 5.41) is 0.614. The van der Waals surface area contributed by atoms with E-state index in [4.69, 9.17) is 11.6 Å². The van der Waals surface area contributed by atoms with Crippen LogP contribution in [0.2, 0.25) is 5.02 Å². The molecular weight excluding hydrogens is 300 g/mol. The molecule has 0 N–H and O–H groups in total. The van der Waals surface area contributed by atoms with Gasteiger partial charge in [-0.2, -0.15) is 0 Å². The van der Waals surface area contributed by atoms with Gasteiger partial charge >= 0.3 is 0 Å². The van der Waals surface area contributed by atoms with Crippen molar-refractivity contribution in [2.45, 2.75) is 19.8 Å². The third-order valence-corrected chi connectivity index (χ3v) is 4.75. The lowest BCUT2D eigenvalue weighted by molar-refractivity contribution is -0.136. The maximum absolute atomic E-state index is 12.5. The van der Waals surface area contributed by atoms with Crippen molar-refractivity contribution < 1.29 is 9.59 Å². The van der Waals surface area contributed by atoms with Gasteiger partial charge in [0.05, 0.1) is 5.57 Å². The van der Waals surface area contributed by atoms with E-state index in [9.17, 15) is 9.59 Å². The van der Waals surface area contributed by atoms with Gasteiger partial charge in [0, 0.05) is 25.2 Å². The molecule has 0 unspecified atom stereocenters. The molecule has 1 aromatic carbocycles. The van der Waals surface area contributed by atoms with Crippen LogP contribution in [-0.4, -0.2) is 41.8 Å². The number of imide groups is 1. The molecule has 0 saturated carbocycles. The van der Waals surface area contributed by atoms with Gasteiger partial charge in [-0.1, -0.05) is 30.7 Å². The van der Waals surface area contributed by atoms with Gasteiger partial charge in [0.25, 0.3) is 11.8 Å². The van der Waals surface area contributed by atoms with Gasteiger partial charge in [0.1, 0.15) is 5.70 Å². The number of nitrogens with zero attached hydrogens (tertiary/aromatic N) is 2. The summed E-state index contributed by atoms with van der Waals surface area (Å²) < 4.78 is 0. The van der Waals surface area contributed by atoms with E-state index in [-0.39, 0.29) is 11.8 Å². The Hall–Kier alpha value is -1.81. The second-order valence-corrected chi connectivity index (χ2v) is 6.51. The summed E-state index contributed by atoms with van der Waals surface area (Å²) in [7, 11) is 1.54. The van der Waals surface area contributed by atoms with E-state index in [1.165, 1.54) is 4.90 Å². The maximum atomic E-state index is 12.5. The number of rotatable bonds is 2. The Kier molecular flexibility index (Phi) is 3.96. The van der Waals surface area contributed by atoms with Gasteiger partial charge in [-0.25, -0.2) is 0 Å². The summed E-state index contributed by atoms with van der Waals surface area (Å²) in [5.41, 5.74) is 1.79. The summed E-state index contributed by atoms with van der Waals surface area (Å²) in [4.78, 5) is 28.3. The molecular formula is C17H19ClN2O2. The SMILES string of the molecule is CC1CCN(C2=C(c3ccc(Cl)cc3)C(=O)N(C)C2=O)CC1. The van der Waals surface area contributed by atoms with Crippen LogP contribution in [0, 0.1) is 5.92 Å². The van der Waals surface area contributed by atoms with Gasteiger partial charge in [-0.05, 0) is 36.5 Å². The molecule has 0 spiro atoms. The Morgan fingerprint density at radius 2 is 1.64 bits per heavy atom. The summed E-state index contributed by atoms with van der Waals surface area (Å²) in [5.74, 6) is 0.228. The van der Waals surface area contributed by atoms with Crippen LogP contribution in [0.1, 0.15) is 25.3 Å². The summed E-state index contributed by atoms with van der Waals surface area (Å²) in [6, 6.07) is 7.09. The zero-order valence-corrected chi connectivity index (χ0v) is 13.6. The fraction of sp³-hybridized carbons (Fsp3) is 0.412. The molecule has 0 aliphatic carbocycles. The van der Waals surface area contributed by atoms with Gasteiger partial charge in [-0.3, -0.25) is 14.5 Å². The van der Waals surface area contributed by atoms with E-state index in [2.05, 4.69) is 11.8 Å². The minimum Gasteiger partial charge on any atom is -0.366 e. The van der Waals surface area contributed by atoms with Gasteiger partial charge in [-0.15, -0.1) is 0 Å². The van der Waals surface area contributed by atoms with Crippen molar-refractivity contribution in [2.75, 3.05) is 20.1 Å². The van der Waals surface area contributed by atoms with Crippen LogP contribution in [0.5, 0.6) is 0 Å². The Balaban J connectivity index is 2.04. The molecule has 5 heteroatoms.